The molecule has 0 bridgehead atoms. The zero-order chi connectivity index (χ0) is 12.4. The van der Waals surface area contributed by atoms with Gasteiger partial charge in [-0.05, 0) is 25.1 Å². The molecule has 1 atom stereocenters. The fourth-order valence-corrected chi connectivity index (χ4v) is 1.96. The quantitative estimate of drug-likeness (QED) is 0.622. The number of Topliss-reactive ketones (excluding diaryl/α,β-unsaturated/α-hetero) is 1. The average Bonchev–Trinajstić information content (AvgIpc) is 2.29. The SMILES string of the molecule is CCOC(=O)C1C=Nc2cc(Br)ccc2C1=O. The molecule has 0 spiro atoms. The molecule has 1 unspecified atom stereocenters. The van der Waals surface area contributed by atoms with Gasteiger partial charge < -0.3 is 4.74 Å². The number of hydrogen-bond donors (Lipinski definition) is 0. The Kier molecular flexibility index (Phi) is 3.38. The number of ether oxygens (including phenoxy) is 1. The van der Waals surface area contributed by atoms with E-state index in [1.807, 2.05) is 0 Å². The number of carbonyl (C=O) groups excluding carboxylic acids is 2. The summed E-state index contributed by atoms with van der Waals surface area (Å²) >= 11 is 3.30. The van der Waals surface area contributed by atoms with Crippen molar-refractivity contribution in [3.63, 3.8) is 0 Å². The van der Waals surface area contributed by atoms with Crippen molar-refractivity contribution in [1.82, 2.24) is 0 Å². The Labute approximate surface area is 107 Å². The van der Waals surface area contributed by atoms with E-state index in [1.54, 1.807) is 25.1 Å². The van der Waals surface area contributed by atoms with E-state index in [2.05, 4.69) is 20.9 Å². The molecule has 1 aromatic carbocycles. The first kappa shape index (κ1) is 12.0. The highest BCUT2D eigenvalue weighted by atomic mass is 79.9. The summed E-state index contributed by atoms with van der Waals surface area (Å²) in [7, 11) is 0. The zero-order valence-corrected chi connectivity index (χ0v) is 10.7. The first-order valence-electron chi connectivity index (χ1n) is 5.18. The minimum Gasteiger partial charge on any atom is -0.465 e. The van der Waals surface area contributed by atoms with Gasteiger partial charge in [-0.3, -0.25) is 14.6 Å². The molecule has 2 rings (SSSR count). The Balaban J connectivity index is 2.34. The second-order valence-electron chi connectivity index (χ2n) is 3.53. The average molecular weight is 296 g/mol. The highest BCUT2D eigenvalue weighted by Gasteiger charge is 2.31. The van der Waals surface area contributed by atoms with E-state index in [9.17, 15) is 9.59 Å². The number of ketones is 1. The third-order valence-electron chi connectivity index (χ3n) is 2.41. The lowest BCUT2D eigenvalue weighted by atomic mass is 9.95. The molecule has 0 aliphatic carbocycles. The van der Waals surface area contributed by atoms with Crippen LogP contribution in [0.4, 0.5) is 5.69 Å². The summed E-state index contributed by atoms with van der Waals surface area (Å²) in [5.74, 6) is -1.72. The molecule has 0 fully saturated rings. The van der Waals surface area contributed by atoms with Gasteiger partial charge in [-0.2, -0.15) is 0 Å². The van der Waals surface area contributed by atoms with Crippen LogP contribution >= 0.6 is 15.9 Å². The second kappa shape index (κ2) is 4.79. The topological polar surface area (TPSA) is 55.7 Å². The van der Waals surface area contributed by atoms with E-state index >= 15 is 0 Å². The summed E-state index contributed by atoms with van der Waals surface area (Å²) in [6.07, 6.45) is 1.34. The molecular formula is C12H10BrNO3. The maximum Gasteiger partial charge on any atom is 0.322 e. The van der Waals surface area contributed by atoms with Crippen LogP contribution in [-0.2, 0) is 9.53 Å². The molecule has 4 nitrogen and oxygen atoms in total. The number of fused-ring (bicyclic) bond motifs is 1. The van der Waals surface area contributed by atoms with Crippen LogP contribution in [0, 0.1) is 5.92 Å². The smallest absolute Gasteiger partial charge is 0.322 e. The molecule has 0 radical (unpaired) electrons. The van der Waals surface area contributed by atoms with Gasteiger partial charge in [-0.25, -0.2) is 0 Å². The second-order valence-corrected chi connectivity index (χ2v) is 4.45. The number of aliphatic imine (C=N–C) groups is 1. The van der Waals surface area contributed by atoms with E-state index < -0.39 is 11.9 Å². The molecule has 1 heterocycles. The van der Waals surface area contributed by atoms with Gasteiger partial charge in [-0.15, -0.1) is 0 Å². The van der Waals surface area contributed by atoms with Crippen molar-refractivity contribution in [3.05, 3.63) is 28.2 Å². The molecule has 0 saturated carbocycles. The minimum atomic E-state index is -0.913. The third-order valence-corrected chi connectivity index (χ3v) is 2.90. The predicted octanol–water partition coefficient (Wildman–Crippen LogP) is 2.53. The monoisotopic (exact) mass is 295 g/mol. The molecule has 0 aromatic heterocycles. The van der Waals surface area contributed by atoms with Crippen LogP contribution in [0.1, 0.15) is 17.3 Å². The summed E-state index contributed by atoms with van der Waals surface area (Å²) in [4.78, 5) is 27.7. The van der Waals surface area contributed by atoms with Crippen LogP contribution in [0.25, 0.3) is 0 Å². The van der Waals surface area contributed by atoms with Crippen molar-refractivity contribution >= 4 is 39.6 Å². The summed E-state index contributed by atoms with van der Waals surface area (Å²) in [6.45, 7) is 1.96. The fraction of sp³-hybridized carbons (Fsp3) is 0.250. The van der Waals surface area contributed by atoms with Crippen LogP contribution in [0.3, 0.4) is 0 Å². The van der Waals surface area contributed by atoms with Gasteiger partial charge in [0.1, 0.15) is 0 Å². The van der Waals surface area contributed by atoms with E-state index in [0.717, 1.165) is 4.47 Å². The molecule has 0 N–H and O–H groups in total. The van der Waals surface area contributed by atoms with Gasteiger partial charge in [0.25, 0.3) is 0 Å². The van der Waals surface area contributed by atoms with E-state index in [1.165, 1.54) is 6.21 Å². The van der Waals surface area contributed by atoms with Crippen molar-refractivity contribution < 1.29 is 14.3 Å². The predicted molar refractivity (Wildman–Crippen MR) is 66.7 cm³/mol. The van der Waals surface area contributed by atoms with Gasteiger partial charge >= 0.3 is 5.97 Å². The van der Waals surface area contributed by atoms with Crippen LogP contribution in [-0.4, -0.2) is 24.6 Å². The van der Waals surface area contributed by atoms with Gasteiger partial charge in [-0.1, -0.05) is 15.9 Å². The lowest BCUT2D eigenvalue weighted by Gasteiger charge is -2.16. The molecule has 0 saturated heterocycles. The molecule has 5 heteroatoms. The summed E-state index contributed by atoms with van der Waals surface area (Å²) in [6, 6.07) is 5.15. The van der Waals surface area contributed by atoms with E-state index in [0.29, 0.717) is 11.3 Å². The molecule has 1 aliphatic rings. The number of hydrogen-bond acceptors (Lipinski definition) is 4. The van der Waals surface area contributed by atoms with Crippen LogP contribution in [0.15, 0.2) is 27.7 Å². The molecule has 17 heavy (non-hydrogen) atoms. The number of nitrogens with zero attached hydrogens (tertiary/aromatic N) is 1. The van der Waals surface area contributed by atoms with Crippen LogP contribution < -0.4 is 0 Å². The van der Waals surface area contributed by atoms with E-state index in [-0.39, 0.29) is 12.4 Å². The summed E-state index contributed by atoms with van der Waals surface area (Å²) in [5.41, 5.74) is 1.03. The first-order valence-corrected chi connectivity index (χ1v) is 5.97. The number of esters is 1. The normalized spacial score (nSPS) is 17.8. The largest absolute Gasteiger partial charge is 0.465 e. The molecule has 1 aliphatic heterocycles. The Hall–Kier alpha value is -1.49. The molecular weight excluding hydrogens is 286 g/mol. The minimum absolute atomic E-state index is 0.254. The summed E-state index contributed by atoms with van der Waals surface area (Å²) in [5, 5.41) is 0. The van der Waals surface area contributed by atoms with Crippen molar-refractivity contribution in [3.8, 4) is 0 Å². The number of rotatable bonds is 2. The number of halogens is 1. The third kappa shape index (κ3) is 2.29. The van der Waals surface area contributed by atoms with E-state index in [4.69, 9.17) is 4.74 Å². The van der Waals surface area contributed by atoms with Crippen molar-refractivity contribution in [2.45, 2.75) is 6.92 Å². The standard InChI is InChI=1S/C12H10BrNO3/c1-2-17-12(16)9-6-14-10-5-7(13)3-4-8(10)11(9)15/h3-6,9H,2H2,1H3. The Morgan fingerprint density at radius 1 is 1.53 bits per heavy atom. The Morgan fingerprint density at radius 3 is 3.00 bits per heavy atom. The van der Waals surface area contributed by atoms with Gasteiger partial charge in [0.05, 0.1) is 12.3 Å². The van der Waals surface area contributed by atoms with Crippen LogP contribution in [0.2, 0.25) is 0 Å². The zero-order valence-electron chi connectivity index (χ0n) is 9.14. The molecule has 1 aromatic rings. The lowest BCUT2D eigenvalue weighted by Crippen LogP contribution is -2.29. The molecule has 88 valence electrons. The Morgan fingerprint density at radius 2 is 2.29 bits per heavy atom. The maximum atomic E-state index is 12.0. The fourth-order valence-electron chi connectivity index (χ4n) is 1.61. The first-order chi connectivity index (χ1) is 8.13. The van der Waals surface area contributed by atoms with Crippen LogP contribution in [0.5, 0.6) is 0 Å². The number of benzene rings is 1. The number of carbonyl (C=O) groups is 2. The highest BCUT2D eigenvalue weighted by Crippen LogP contribution is 2.29. The van der Waals surface area contributed by atoms with Gasteiger partial charge in [0, 0.05) is 16.3 Å². The highest BCUT2D eigenvalue weighted by molar-refractivity contribution is 9.10. The van der Waals surface area contributed by atoms with Crippen molar-refractivity contribution in [2.24, 2.45) is 10.9 Å². The maximum absolute atomic E-state index is 12.0. The lowest BCUT2D eigenvalue weighted by molar-refractivity contribution is -0.143. The van der Waals surface area contributed by atoms with Crippen molar-refractivity contribution in [2.75, 3.05) is 6.61 Å². The summed E-state index contributed by atoms with van der Waals surface area (Å²) < 4.78 is 5.67. The van der Waals surface area contributed by atoms with Gasteiger partial charge in [0.2, 0.25) is 0 Å². The van der Waals surface area contributed by atoms with Gasteiger partial charge in [0.15, 0.2) is 11.7 Å². The Bertz CT molecular complexity index is 510. The molecule has 0 amide bonds. The van der Waals surface area contributed by atoms with Crippen molar-refractivity contribution in [1.29, 1.82) is 0 Å².